The van der Waals surface area contributed by atoms with E-state index < -0.39 is 10.0 Å². The van der Waals surface area contributed by atoms with Crippen LogP contribution < -0.4 is 9.47 Å². The maximum absolute atomic E-state index is 13.1. The van der Waals surface area contributed by atoms with E-state index in [0.29, 0.717) is 24.9 Å². The van der Waals surface area contributed by atoms with Crippen molar-refractivity contribution in [1.82, 2.24) is 14.3 Å². The fourth-order valence-electron chi connectivity index (χ4n) is 3.20. The van der Waals surface area contributed by atoms with E-state index in [4.69, 9.17) is 9.47 Å². The van der Waals surface area contributed by atoms with E-state index in [-0.39, 0.29) is 17.5 Å². The van der Waals surface area contributed by atoms with Crippen LogP contribution in [0.3, 0.4) is 0 Å². The van der Waals surface area contributed by atoms with Gasteiger partial charge in [-0.3, -0.25) is 0 Å². The molecule has 0 saturated carbocycles. The third kappa shape index (κ3) is 4.62. The van der Waals surface area contributed by atoms with E-state index in [1.807, 2.05) is 20.8 Å². The average molecular weight is 406 g/mol. The van der Waals surface area contributed by atoms with E-state index in [2.05, 4.69) is 9.97 Å². The molecule has 1 atom stereocenters. The minimum atomic E-state index is -3.60. The fraction of sp³-hybridized carbons (Fsp3) is 0.500. The topological polar surface area (TPSA) is 81.6 Å². The van der Waals surface area contributed by atoms with Crippen molar-refractivity contribution in [1.29, 1.82) is 0 Å². The van der Waals surface area contributed by atoms with Gasteiger partial charge < -0.3 is 9.47 Å². The maximum atomic E-state index is 13.1. The Hall–Kier alpha value is -2.19. The molecule has 8 heteroatoms. The maximum Gasteiger partial charge on any atom is 0.316 e. The van der Waals surface area contributed by atoms with Crippen molar-refractivity contribution in [2.45, 2.75) is 51.0 Å². The SMILES string of the molecule is CCOc1ccc(S(=O)(=O)N2CCCC(Oc3ncc(CC)cn3)C2)cc1C. The molecule has 1 unspecified atom stereocenters. The molecule has 1 aliphatic rings. The van der Waals surface area contributed by atoms with Crippen molar-refractivity contribution in [3.63, 3.8) is 0 Å². The molecule has 2 heterocycles. The molecular weight excluding hydrogens is 378 g/mol. The predicted octanol–water partition coefficient (Wildman–Crippen LogP) is 2.98. The van der Waals surface area contributed by atoms with Gasteiger partial charge in [-0.15, -0.1) is 0 Å². The summed E-state index contributed by atoms with van der Waals surface area (Å²) in [6.07, 6.45) is 5.57. The highest BCUT2D eigenvalue weighted by Gasteiger charge is 2.31. The van der Waals surface area contributed by atoms with Gasteiger partial charge in [-0.25, -0.2) is 18.4 Å². The second-order valence-corrected chi connectivity index (χ2v) is 8.77. The summed E-state index contributed by atoms with van der Waals surface area (Å²) in [7, 11) is -3.60. The monoisotopic (exact) mass is 405 g/mol. The van der Waals surface area contributed by atoms with Gasteiger partial charge in [0.15, 0.2) is 0 Å². The molecule has 1 aromatic heterocycles. The molecule has 0 spiro atoms. The number of hydrogen-bond acceptors (Lipinski definition) is 6. The standard InChI is InChI=1S/C20H27N3O4S/c1-4-16-12-21-20(22-13-16)27-17-7-6-10-23(14-17)28(24,25)18-8-9-19(26-5-2)15(3)11-18/h8-9,11-13,17H,4-7,10,14H2,1-3H3. The highest BCUT2D eigenvalue weighted by molar-refractivity contribution is 7.89. The molecule has 0 radical (unpaired) electrons. The van der Waals surface area contributed by atoms with Crippen molar-refractivity contribution < 1.29 is 17.9 Å². The first-order chi connectivity index (χ1) is 13.4. The van der Waals surface area contributed by atoms with Crippen LogP contribution in [0, 0.1) is 6.92 Å². The van der Waals surface area contributed by atoms with Gasteiger partial charge in [0.2, 0.25) is 10.0 Å². The lowest BCUT2D eigenvalue weighted by molar-refractivity contribution is 0.119. The number of aryl methyl sites for hydroxylation is 2. The Labute approximate surface area is 166 Å². The predicted molar refractivity (Wildman–Crippen MR) is 106 cm³/mol. The van der Waals surface area contributed by atoms with Crippen LogP contribution in [-0.4, -0.2) is 48.5 Å². The second kappa shape index (κ2) is 8.87. The van der Waals surface area contributed by atoms with Crippen molar-refractivity contribution >= 4 is 10.0 Å². The first-order valence-electron chi connectivity index (χ1n) is 9.65. The lowest BCUT2D eigenvalue weighted by Crippen LogP contribution is -2.44. The molecule has 3 rings (SSSR count). The van der Waals surface area contributed by atoms with Crippen LogP contribution in [0.25, 0.3) is 0 Å². The molecule has 0 bridgehead atoms. The van der Waals surface area contributed by atoms with Crippen LogP contribution >= 0.6 is 0 Å². The average Bonchev–Trinajstić information content (AvgIpc) is 2.70. The van der Waals surface area contributed by atoms with Gasteiger partial charge in [-0.2, -0.15) is 4.31 Å². The first kappa shape index (κ1) is 20.5. The van der Waals surface area contributed by atoms with E-state index in [9.17, 15) is 8.42 Å². The van der Waals surface area contributed by atoms with Crippen molar-refractivity contribution in [3.05, 3.63) is 41.7 Å². The summed E-state index contributed by atoms with van der Waals surface area (Å²) >= 11 is 0. The van der Waals surface area contributed by atoms with Crippen LogP contribution in [0.4, 0.5) is 0 Å². The molecular formula is C20H27N3O4S. The quantitative estimate of drug-likeness (QED) is 0.704. The number of piperidine rings is 1. The van der Waals surface area contributed by atoms with Gasteiger partial charge in [0, 0.05) is 18.9 Å². The molecule has 2 aromatic rings. The third-order valence-electron chi connectivity index (χ3n) is 4.79. The molecule has 1 aromatic carbocycles. The minimum absolute atomic E-state index is 0.264. The Morgan fingerprint density at radius 2 is 1.96 bits per heavy atom. The van der Waals surface area contributed by atoms with Crippen LogP contribution in [-0.2, 0) is 16.4 Å². The molecule has 0 aliphatic carbocycles. The molecule has 1 fully saturated rings. The Bertz CT molecular complexity index is 900. The number of aromatic nitrogens is 2. The lowest BCUT2D eigenvalue weighted by Gasteiger charge is -2.31. The summed E-state index contributed by atoms with van der Waals surface area (Å²) < 4.78 is 39.0. The van der Waals surface area contributed by atoms with Crippen LogP contribution in [0.5, 0.6) is 11.8 Å². The van der Waals surface area contributed by atoms with Gasteiger partial charge in [-0.05, 0) is 62.4 Å². The van der Waals surface area contributed by atoms with Gasteiger partial charge >= 0.3 is 6.01 Å². The number of rotatable bonds is 7. The zero-order valence-corrected chi connectivity index (χ0v) is 17.4. The molecule has 0 N–H and O–H groups in total. The van der Waals surface area contributed by atoms with Gasteiger partial charge in [0.1, 0.15) is 11.9 Å². The zero-order chi connectivity index (χ0) is 20.1. The number of sulfonamides is 1. The Morgan fingerprint density at radius 3 is 2.61 bits per heavy atom. The van der Waals surface area contributed by atoms with Gasteiger partial charge in [0.05, 0.1) is 18.0 Å². The van der Waals surface area contributed by atoms with E-state index in [0.717, 1.165) is 30.4 Å². The number of benzene rings is 1. The van der Waals surface area contributed by atoms with E-state index >= 15 is 0 Å². The third-order valence-corrected chi connectivity index (χ3v) is 6.65. The zero-order valence-electron chi connectivity index (χ0n) is 16.6. The largest absolute Gasteiger partial charge is 0.494 e. The van der Waals surface area contributed by atoms with Crippen molar-refractivity contribution in [2.24, 2.45) is 0 Å². The van der Waals surface area contributed by atoms with Gasteiger partial charge in [-0.1, -0.05) is 6.92 Å². The molecule has 152 valence electrons. The van der Waals surface area contributed by atoms with Crippen LogP contribution in [0.2, 0.25) is 0 Å². The summed E-state index contributed by atoms with van der Waals surface area (Å²) in [4.78, 5) is 8.70. The van der Waals surface area contributed by atoms with Gasteiger partial charge in [0.25, 0.3) is 0 Å². The second-order valence-electron chi connectivity index (χ2n) is 6.83. The highest BCUT2D eigenvalue weighted by Crippen LogP contribution is 2.26. The first-order valence-corrected chi connectivity index (χ1v) is 11.1. The summed E-state index contributed by atoms with van der Waals surface area (Å²) in [6, 6.07) is 5.27. The molecule has 1 saturated heterocycles. The highest BCUT2D eigenvalue weighted by atomic mass is 32.2. The summed E-state index contributed by atoms with van der Waals surface area (Å²) in [6.45, 7) is 7.09. The van der Waals surface area contributed by atoms with Crippen molar-refractivity contribution in [3.8, 4) is 11.8 Å². The lowest BCUT2D eigenvalue weighted by atomic mass is 10.1. The molecule has 7 nitrogen and oxygen atoms in total. The summed E-state index contributed by atoms with van der Waals surface area (Å²) in [5.41, 5.74) is 1.84. The van der Waals surface area contributed by atoms with Crippen molar-refractivity contribution in [2.75, 3.05) is 19.7 Å². The number of hydrogen-bond donors (Lipinski definition) is 0. The number of nitrogens with zero attached hydrogens (tertiary/aromatic N) is 3. The van der Waals surface area contributed by atoms with Crippen LogP contribution in [0.1, 0.15) is 37.8 Å². The number of ether oxygens (including phenoxy) is 2. The van der Waals surface area contributed by atoms with E-state index in [1.165, 1.54) is 4.31 Å². The minimum Gasteiger partial charge on any atom is -0.494 e. The Balaban J connectivity index is 1.72. The smallest absolute Gasteiger partial charge is 0.316 e. The Morgan fingerprint density at radius 1 is 1.21 bits per heavy atom. The Kier molecular flexibility index (Phi) is 6.51. The molecule has 1 aliphatic heterocycles. The molecule has 28 heavy (non-hydrogen) atoms. The van der Waals surface area contributed by atoms with Crippen LogP contribution in [0.15, 0.2) is 35.5 Å². The summed E-state index contributed by atoms with van der Waals surface area (Å²) in [5, 5.41) is 0. The van der Waals surface area contributed by atoms with E-state index in [1.54, 1.807) is 30.6 Å². The summed E-state index contributed by atoms with van der Waals surface area (Å²) in [5.74, 6) is 0.703. The normalized spacial score (nSPS) is 18.0. The molecule has 0 amide bonds. The fourth-order valence-corrected chi connectivity index (χ4v) is 4.80.